The number of hydrogen-bond acceptors (Lipinski definition) is 3. The van der Waals surface area contributed by atoms with E-state index in [-0.39, 0.29) is 6.04 Å². The molecule has 0 unspecified atom stereocenters. The van der Waals surface area contributed by atoms with E-state index in [0.717, 1.165) is 19.3 Å². The van der Waals surface area contributed by atoms with Gasteiger partial charge < -0.3 is 5.73 Å². The van der Waals surface area contributed by atoms with Gasteiger partial charge in [-0.15, -0.1) is 0 Å². The Morgan fingerprint density at radius 1 is 1.50 bits per heavy atom. The van der Waals surface area contributed by atoms with E-state index in [1.54, 1.807) is 7.05 Å². The molecule has 1 aliphatic carbocycles. The minimum Gasteiger partial charge on any atom is -0.330 e. The first-order valence-electron chi connectivity index (χ1n) is 5.00. The van der Waals surface area contributed by atoms with Gasteiger partial charge in [-0.1, -0.05) is 6.42 Å². The first-order valence-corrected chi connectivity index (χ1v) is 6.44. The van der Waals surface area contributed by atoms with Crippen molar-refractivity contribution in [2.24, 2.45) is 5.73 Å². The zero-order valence-electron chi connectivity index (χ0n) is 8.57. The van der Waals surface area contributed by atoms with Crippen molar-refractivity contribution in [1.29, 1.82) is 0 Å². The summed E-state index contributed by atoms with van der Waals surface area (Å²) in [6.07, 6.45) is 3.75. The van der Waals surface area contributed by atoms with Crippen LogP contribution in [0.25, 0.3) is 0 Å². The minimum absolute atomic E-state index is 0.153. The fourth-order valence-electron chi connectivity index (χ4n) is 1.26. The summed E-state index contributed by atoms with van der Waals surface area (Å²) in [7, 11) is -1.68. The van der Waals surface area contributed by atoms with E-state index < -0.39 is 10.2 Å². The Hall–Kier alpha value is -0.170. The van der Waals surface area contributed by atoms with Crippen molar-refractivity contribution in [2.45, 2.75) is 31.7 Å². The average molecular weight is 221 g/mol. The molecule has 1 aliphatic rings. The van der Waals surface area contributed by atoms with Crippen molar-refractivity contribution in [3.05, 3.63) is 0 Å². The molecule has 5 nitrogen and oxygen atoms in total. The predicted molar refractivity (Wildman–Crippen MR) is 56.0 cm³/mol. The van der Waals surface area contributed by atoms with Crippen LogP contribution in [0.2, 0.25) is 0 Å². The van der Waals surface area contributed by atoms with E-state index in [4.69, 9.17) is 5.73 Å². The Labute approximate surface area is 85.8 Å². The molecule has 0 aromatic carbocycles. The summed E-state index contributed by atoms with van der Waals surface area (Å²) in [5.41, 5.74) is 5.32. The molecule has 0 heterocycles. The van der Waals surface area contributed by atoms with Crippen LogP contribution in [-0.2, 0) is 10.2 Å². The molecule has 1 fully saturated rings. The van der Waals surface area contributed by atoms with Crippen LogP contribution in [0.3, 0.4) is 0 Å². The van der Waals surface area contributed by atoms with E-state index in [9.17, 15) is 8.42 Å². The molecule has 0 radical (unpaired) electrons. The molecule has 0 aromatic heterocycles. The average Bonchev–Trinajstić information content (AvgIpc) is 2.07. The van der Waals surface area contributed by atoms with Gasteiger partial charge in [-0.05, 0) is 25.8 Å². The molecule has 0 atom stereocenters. The molecule has 0 amide bonds. The largest absolute Gasteiger partial charge is 0.330 e. The maximum atomic E-state index is 11.6. The molecule has 1 saturated carbocycles. The molecule has 3 N–H and O–H groups in total. The number of nitrogens with two attached hydrogens (primary N) is 1. The molecular weight excluding hydrogens is 202 g/mol. The normalized spacial score (nSPS) is 18.5. The van der Waals surface area contributed by atoms with Gasteiger partial charge >= 0.3 is 0 Å². The molecule has 0 aromatic rings. The fraction of sp³-hybridized carbons (Fsp3) is 1.00. The first-order chi connectivity index (χ1) is 6.56. The van der Waals surface area contributed by atoms with Crippen LogP contribution >= 0.6 is 0 Å². The Morgan fingerprint density at radius 3 is 2.57 bits per heavy atom. The van der Waals surface area contributed by atoms with Gasteiger partial charge in [0.15, 0.2) is 0 Å². The highest BCUT2D eigenvalue weighted by Gasteiger charge is 2.25. The molecule has 1 rings (SSSR count). The lowest BCUT2D eigenvalue weighted by Gasteiger charge is -2.28. The van der Waals surface area contributed by atoms with E-state index in [2.05, 4.69) is 4.72 Å². The molecule has 0 spiro atoms. The van der Waals surface area contributed by atoms with Crippen molar-refractivity contribution in [3.8, 4) is 0 Å². The van der Waals surface area contributed by atoms with Crippen LogP contribution in [0.1, 0.15) is 25.7 Å². The number of nitrogens with one attached hydrogen (secondary N) is 1. The third-order valence-corrected chi connectivity index (χ3v) is 4.14. The number of hydrogen-bond donors (Lipinski definition) is 2. The monoisotopic (exact) mass is 221 g/mol. The van der Waals surface area contributed by atoms with Crippen molar-refractivity contribution in [2.75, 3.05) is 20.1 Å². The van der Waals surface area contributed by atoms with Crippen molar-refractivity contribution >= 4 is 10.2 Å². The third kappa shape index (κ3) is 3.20. The van der Waals surface area contributed by atoms with Gasteiger partial charge in [-0.25, -0.2) is 0 Å². The second-order valence-corrected chi connectivity index (χ2v) is 5.52. The van der Waals surface area contributed by atoms with Gasteiger partial charge in [0.05, 0.1) is 0 Å². The molecule has 0 bridgehead atoms. The molecule has 14 heavy (non-hydrogen) atoms. The quantitative estimate of drug-likeness (QED) is 0.644. The molecule has 0 aliphatic heterocycles. The van der Waals surface area contributed by atoms with Crippen LogP contribution in [0.4, 0.5) is 0 Å². The lowest BCUT2D eigenvalue weighted by atomic mass is 9.94. The zero-order valence-corrected chi connectivity index (χ0v) is 9.39. The summed E-state index contributed by atoms with van der Waals surface area (Å²) >= 11 is 0. The molecule has 84 valence electrons. The van der Waals surface area contributed by atoms with Crippen LogP contribution in [-0.4, -0.2) is 38.9 Å². The maximum absolute atomic E-state index is 11.6. The van der Waals surface area contributed by atoms with Gasteiger partial charge in [-0.2, -0.15) is 17.4 Å². The van der Waals surface area contributed by atoms with E-state index in [1.165, 1.54) is 4.31 Å². The highest BCUT2D eigenvalue weighted by molar-refractivity contribution is 7.87. The summed E-state index contributed by atoms with van der Waals surface area (Å²) in [6, 6.07) is 0.153. The van der Waals surface area contributed by atoms with Gasteiger partial charge in [0, 0.05) is 19.6 Å². The van der Waals surface area contributed by atoms with E-state index >= 15 is 0 Å². The van der Waals surface area contributed by atoms with Gasteiger partial charge in [0.25, 0.3) is 10.2 Å². The highest BCUT2D eigenvalue weighted by Crippen LogP contribution is 2.19. The summed E-state index contributed by atoms with van der Waals surface area (Å²) in [5.74, 6) is 0. The molecular formula is C8H19N3O2S. The van der Waals surface area contributed by atoms with Crippen LogP contribution in [0.15, 0.2) is 0 Å². The smallest absolute Gasteiger partial charge is 0.279 e. The fourth-order valence-corrected chi connectivity index (χ4v) is 2.47. The van der Waals surface area contributed by atoms with Crippen molar-refractivity contribution in [3.63, 3.8) is 0 Å². The minimum atomic E-state index is -3.26. The number of rotatable bonds is 6. The summed E-state index contributed by atoms with van der Waals surface area (Å²) in [6.45, 7) is 1.00. The zero-order chi connectivity index (χ0) is 10.6. The summed E-state index contributed by atoms with van der Waals surface area (Å²) in [4.78, 5) is 0. The van der Waals surface area contributed by atoms with Crippen molar-refractivity contribution < 1.29 is 8.42 Å². The molecule has 0 saturated heterocycles. The maximum Gasteiger partial charge on any atom is 0.279 e. The number of nitrogens with zero attached hydrogens (tertiary/aromatic N) is 1. The SMILES string of the molecule is CN(CCCN)S(=O)(=O)NC1CCC1. The van der Waals surface area contributed by atoms with Gasteiger partial charge in [0.1, 0.15) is 0 Å². The Morgan fingerprint density at radius 2 is 2.14 bits per heavy atom. The van der Waals surface area contributed by atoms with Crippen LogP contribution in [0.5, 0.6) is 0 Å². The Bertz CT molecular complexity index is 262. The standard InChI is InChI=1S/C8H19N3O2S/c1-11(7-3-6-9)14(12,13)10-8-4-2-5-8/h8,10H,2-7,9H2,1H3. The lowest BCUT2D eigenvalue weighted by molar-refractivity contribution is 0.365. The van der Waals surface area contributed by atoms with E-state index in [1.807, 2.05) is 0 Å². The van der Waals surface area contributed by atoms with Gasteiger partial charge in [-0.3, -0.25) is 0 Å². The lowest BCUT2D eigenvalue weighted by Crippen LogP contribution is -2.46. The first kappa shape index (κ1) is 11.9. The third-order valence-electron chi connectivity index (χ3n) is 2.51. The second-order valence-electron chi connectivity index (χ2n) is 3.71. The Kier molecular flexibility index (Phi) is 4.31. The topological polar surface area (TPSA) is 75.4 Å². The van der Waals surface area contributed by atoms with Crippen LogP contribution in [0, 0.1) is 0 Å². The van der Waals surface area contributed by atoms with Crippen molar-refractivity contribution in [1.82, 2.24) is 9.03 Å². The van der Waals surface area contributed by atoms with Crippen LogP contribution < -0.4 is 10.5 Å². The Balaban J connectivity index is 2.37. The summed E-state index contributed by atoms with van der Waals surface area (Å²) in [5, 5.41) is 0. The predicted octanol–water partition coefficient (Wildman–Crippen LogP) is -0.346. The summed E-state index contributed by atoms with van der Waals surface area (Å²) < 4.78 is 27.2. The molecule has 6 heteroatoms. The van der Waals surface area contributed by atoms with Gasteiger partial charge in [0.2, 0.25) is 0 Å². The second kappa shape index (κ2) is 5.06. The highest BCUT2D eigenvalue weighted by atomic mass is 32.2. The van der Waals surface area contributed by atoms with E-state index in [0.29, 0.717) is 19.5 Å².